The molecule has 9 nitrogen and oxygen atoms in total. The number of hydrogen-bond acceptors (Lipinski definition) is 6. The fourth-order valence-corrected chi connectivity index (χ4v) is 1.74. The molecule has 0 unspecified atom stereocenters. The molecular formula is C16H23N3O6. The summed E-state index contributed by atoms with van der Waals surface area (Å²) in [6.45, 7) is 5.16. The smallest absolute Gasteiger partial charge is 0.408 e. The van der Waals surface area contributed by atoms with Gasteiger partial charge in [-0.25, -0.2) is 4.79 Å². The number of phenols is 2. The number of amides is 3. The van der Waals surface area contributed by atoms with Crippen molar-refractivity contribution < 1.29 is 29.3 Å². The third kappa shape index (κ3) is 8.45. The minimum atomic E-state index is -0.695. The SMILES string of the molecule is CC(C)(C)OC(=O)NCC(=O)NCCNC(=O)c1cc(O)cc(O)c1. The predicted molar refractivity (Wildman–Crippen MR) is 89.4 cm³/mol. The van der Waals surface area contributed by atoms with Gasteiger partial charge in [0.1, 0.15) is 17.1 Å². The summed E-state index contributed by atoms with van der Waals surface area (Å²) < 4.78 is 4.99. The normalized spacial score (nSPS) is 10.7. The van der Waals surface area contributed by atoms with Crippen LogP contribution in [0.4, 0.5) is 4.79 Å². The average Bonchev–Trinajstić information content (AvgIpc) is 2.46. The minimum absolute atomic E-state index is 0.0930. The predicted octanol–water partition coefficient (Wildman–Crippen LogP) is 0.469. The van der Waals surface area contributed by atoms with E-state index in [-0.39, 0.29) is 36.7 Å². The van der Waals surface area contributed by atoms with Crippen molar-refractivity contribution >= 4 is 17.9 Å². The molecule has 25 heavy (non-hydrogen) atoms. The summed E-state index contributed by atoms with van der Waals surface area (Å²) in [5.41, 5.74) is -0.555. The van der Waals surface area contributed by atoms with E-state index in [9.17, 15) is 24.6 Å². The van der Waals surface area contributed by atoms with Crippen LogP contribution in [0.2, 0.25) is 0 Å². The van der Waals surface area contributed by atoms with E-state index in [1.54, 1.807) is 20.8 Å². The maximum atomic E-state index is 11.8. The molecule has 0 saturated carbocycles. The molecule has 1 aromatic rings. The maximum Gasteiger partial charge on any atom is 0.408 e. The first-order valence-corrected chi connectivity index (χ1v) is 7.61. The van der Waals surface area contributed by atoms with Crippen molar-refractivity contribution in [1.29, 1.82) is 0 Å². The third-order valence-electron chi connectivity index (χ3n) is 2.69. The van der Waals surface area contributed by atoms with Gasteiger partial charge in [0, 0.05) is 24.7 Å². The van der Waals surface area contributed by atoms with E-state index < -0.39 is 23.5 Å². The highest BCUT2D eigenvalue weighted by molar-refractivity contribution is 5.95. The number of nitrogens with one attached hydrogen (secondary N) is 3. The van der Waals surface area contributed by atoms with E-state index in [0.29, 0.717) is 0 Å². The monoisotopic (exact) mass is 353 g/mol. The Labute approximate surface area is 145 Å². The highest BCUT2D eigenvalue weighted by Gasteiger charge is 2.16. The molecule has 0 radical (unpaired) electrons. The molecule has 5 N–H and O–H groups in total. The number of rotatable bonds is 6. The highest BCUT2D eigenvalue weighted by atomic mass is 16.6. The molecule has 9 heteroatoms. The Morgan fingerprint density at radius 3 is 2.08 bits per heavy atom. The standard InChI is InChI=1S/C16H23N3O6/c1-16(2,3)25-15(24)19-9-13(22)17-4-5-18-14(23)10-6-11(20)8-12(21)7-10/h6-8,20-21H,4-5,9H2,1-3H3,(H,17,22)(H,18,23)(H,19,24). The van der Waals surface area contributed by atoms with E-state index in [0.717, 1.165) is 6.07 Å². The Hall–Kier alpha value is -2.97. The molecule has 0 aliphatic carbocycles. The first kappa shape index (κ1) is 20.1. The van der Waals surface area contributed by atoms with Gasteiger partial charge in [-0.05, 0) is 32.9 Å². The number of phenolic OH excluding ortho intramolecular Hbond substituents is 2. The number of benzene rings is 1. The van der Waals surface area contributed by atoms with Crippen LogP contribution < -0.4 is 16.0 Å². The van der Waals surface area contributed by atoms with E-state index in [4.69, 9.17) is 4.74 Å². The van der Waals surface area contributed by atoms with E-state index in [1.165, 1.54) is 12.1 Å². The Balaban J connectivity index is 2.25. The zero-order chi connectivity index (χ0) is 19.0. The molecule has 0 heterocycles. The van der Waals surface area contributed by atoms with Crippen molar-refractivity contribution in [2.75, 3.05) is 19.6 Å². The molecule has 0 aliphatic heterocycles. The first-order chi connectivity index (χ1) is 11.6. The summed E-state index contributed by atoms with van der Waals surface area (Å²) in [5.74, 6) is -1.40. The molecule has 0 atom stereocenters. The number of hydrogen-bond donors (Lipinski definition) is 5. The summed E-state index contributed by atoms with van der Waals surface area (Å²) in [7, 11) is 0. The topological polar surface area (TPSA) is 137 Å². The van der Waals surface area contributed by atoms with Gasteiger partial charge >= 0.3 is 6.09 Å². The van der Waals surface area contributed by atoms with Crippen LogP contribution in [0.1, 0.15) is 31.1 Å². The van der Waals surface area contributed by atoms with Gasteiger partial charge < -0.3 is 30.9 Å². The number of alkyl carbamates (subject to hydrolysis) is 1. The van der Waals surface area contributed by atoms with Crippen LogP contribution in [0.15, 0.2) is 18.2 Å². The molecule has 1 aromatic carbocycles. The molecule has 0 aromatic heterocycles. The summed E-state index contributed by atoms with van der Waals surface area (Å²) >= 11 is 0. The molecule has 0 aliphatic rings. The van der Waals surface area contributed by atoms with Crippen LogP contribution in [0.3, 0.4) is 0 Å². The number of ether oxygens (including phenoxy) is 1. The van der Waals surface area contributed by atoms with Crippen molar-refractivity contribution in [1.82, 2.24) is 16.0 Å². The van der Waals surface area contributed by atoms with Crippen molar-refractivity contribution in [3.63, 3.8) is 0 Å². The Morgan fingerprint density at radius 2 is 1.52 bits per heavy atom. The molecule has 138 valence electrons. The number of carbonyl (C=O) groups excluding carboxylic acids is 3. The zero-order valence-electron chi connectivity index (χ0n) is 14.4. The lowest BCUT2D eigenvalue weighted by Crippen LogP contribution is -2.42. The summed E-state index contributed by atoms with van der Waals surface area (Å²) in [6.07, 6.45) is -0.695. The van der Waals surface area contributed by atoms with Crippen LogP contribution >= 0.6 is 0 Å². The van der Waals surface area contributed by atoms with Crippen LogP contribution in [-0.2, 0) is 9.53 Å². The van der Waals surface area contributed by atoms with Gasteiger partial charge in [0.15, 0.2) is 0 Å². The third-order valence-corrected chi connectivity index (χ3v) is 2.69. The Kier molecular flexibility index (Phi) is 7.04. The molecular weight excluding hydrogens is 330 g/mol. The fourth-order valence-electron chi connectivity index (χ4n) is 1.74. The quantitative estimate of drug-likeness (QED) is 0.472. The maximum absolute atomic E-state index is 11.8. The van der Waals surface area contributed by atoms with Gasteiger partial charge in [0.25, 0.3) is 5.91 Å². The lowest BCUT2D eigenvalue weighted by Gasteiger charge is -2.19. The molecule has 0 fully saturated rings. The highest BCUT2D eigenvalue weighted by Crippen LogP contribution is 2.20. The lowest BCUT2D eigenvalue weighted by atomic mass is 10.2. The van der Waals surface area contributed by atoms with Gasteiger partial charge in [-0.3, -0.25) is 9.59 Å². The largest absolute Gasteiger partial charge is 0.508 e. The molecule has 0 spiro atoms. The van der Waals surface area contributed by atoms with Crippen LogP contribution in [-0.4, -0.2) is 53.4 Å². The van der Waals surface area contributed by atoms with Crippen LogP contribution in [0, 0.1) is 0 Å². The fraction of sp³-hybridized carbons (Fsp3) is 0.438. The van der Waals surface area contributed by atoms with Gasteiger partial charge in [-0.1, -0.05) is 0 Å². The van der Waals surface area contributed by atoms with E-state index in [2.05, 4.69) is 16.0 Å². The molecule has 1 rings (SSSR count). The number of carbonyl (C=O) groups is 3. The van der Waals surface area contributed by atoms with Gasteiger partial charge in [-0.2, -0.15) is 0 Å². The zero-order valence-corrected chi connectivity index (χ0v) is 14.4. The Bertz CT molecular complexity index is 619. The van der Waals surface area contributed by atoms with Crippen molar-refractivity contribution in [3.8, 4) is 11.5 Å². The van der Waals surface area contributed by atoms with Gasteiger partial charge in [0.05, 0.1) is 6.54 Å². The Morgan fingerprint density at radius 1 is 0.960 bits per heavy atom. The second-order valence-electron chi connectivity index (χ2n) is 6.20. The average molecular weight is 353 g/mol. The van der Waals surface area contributed by atoms with Crippen molar-refractivity contribution in [2.24, 2.45) is 0 Å². The van der Waals surface area contributed by atoms with Crippen molar-refractivity contribution in [3.05, 3.63) is 23.8 Å². The lowest BCUT2D eigenvalue weighted by molar-refractivity contribution is -0.120. The van der Waals surface area contributed by atoms with E-state index >= 15 is 0 Å². The molecule has 0 bridgehead atoms. The second-order valence-corrected chi connectivity index (χ2v) is 6.20. The first-order valence-electron chi connectivity index (χ1n) is 7.61. The van der Waals surface area contributed by atoms with Gasteiger partial charge in [-0.15, -0.1) is 0 Å². The summed E-state index contributed by atoms with van der Waals surface area (Å²) in [5, 5.41) is 26.0. The van der Waals surface area contributed by atoms with Crippen LogP contribution in [0.5, 0.6) is 11.5 Å². The second kappa shape index (κ2) is 8.76. The van der Waals surface area contributed by atoms with Gasteiger partial charge in [0.2, 0.25) is 5.91 Å². The summed E-state index contributed by atoms with van der Waals surface area (Å²) in [6, 6.07) is 3.52. The molecule has 0 saturated heterocycles. The van der Waals surface area contributed by atoms with E-state index in [1.807, 2.05) is 0 Å². The molecule has 3 amide bonds. The van der Waals surface area contributed by atoms with Crippen LogP contribution in [0.25, 0.3) is 0 Å². The summed E-state index contributed by atoms with van der Waals surface area (Å²) in [4.78, 5) is 34.8. The minimum Gasteiger partial charge on any atom is -0.508 e. The van der Waals surface area contributed by atoms with Crippen molar-refractivity contribution in [2.45, 2.75) is 26.4 Å². The number of aromatic hydroxyl groups is 2.